The van der Waals surface area contributed by atoms with Crippen LogP contribution in [-0.2, 0) is 13.1 Å². The van der Waals surface area contributed by atoms with Crippen molar-refractivity contribution in [2.75, 3.05) is 52.3 Å². The lowest BCUT2D eigenvalue weighted by Crippen LogP contribution is -2.45. The molecule has 0 N–H and O–H groups in total. The average Bonchev–Trinajstić information content (AvgIpc) is 3.69. The summed E-state index contributed by atoms with van der Waals surface area (Å²) >= 11 is 0. The van der Waals surface area contributed by atoms with Crippen LogP contribution in [0, 0.1) is 6.92 Å². The Morgan fingerprint density at radius 3 is 2.29 bits per heavy atom. The Morgan fingerprint density at radius 1 is 0.914 bits per heavy atom. The maximum absolute atomic E-state index is 5.66. The highest BCUT2D eigenvalue weighted by atomic mass is 16.5. The minimum Gasteiger partial charge on any atom is -0.497 e. The van der Waals surface area contributed by atoms with Gasteiger partial charge in [-0.3, -0.25) is 4.90 Å². The van der Waals surface area contributed by atoms with Gasteiger partial charge in [-0.1, -0.05) is 18.2 Å². The van der Waals surface area contributed by atoms with Gasteiger partial charge in [0.1, 0.15) is 17.3 Å². The van der Waals surface area contributed by atoms with Gasteiger partial charge in [-0.25, -0.2) is 4.68 Å². The molecule has 2 heterocycles. The second kappa shape index (κ2) is 10.3. The normalized spacial score (nSPS) is 16.7. The Hall–Kier alpha value is -3.03. The number of nitrogens with zero attached hydrogens (tertiary/aromatic N) is 5. The van der Waals surface area contributed by atoms with E-state index in [-0.39, 0.29) is 0 Å². The van der Waals surface area contributed by atoms with E-state index in [0.717, 1.165) is 62.1 Å². The number of aromatic nitrogens is 2. The van der Waals surface area contributed by atoms with Crippen LogP contribution in [0.1, 0.15) is 29.7 Å². The van der Waals surface area contributed by atoms with E-state index in [1.807, 2.05) is 18.2 Å². The number of anilines is 1. The molecular formula is C28H37N5O2. The van der Waals surface area contributed by atoms with Gasteiger partial charge in [0, 0.05) is 56.4 Å². The van der Waals surface area contributed by atoms with Crippen molar-refractivity contribution in [3.05, 3.63) is 65.4 Å². The van der Waals surface area contributed by atoms with Crippen LogP contribution in [0.3, 0.4) is 0 Å². The Kier molecular flexibility index (Phi) is 6.97. The van der Waals surface area contributed by atoms with Crippen molar-refractivity contribution < 1.29 is 9.47 Å². The molecule has 35 heavy (non-hydrogen) atoms. The smallest absolute Gasteiger partial charge is 0.137 e. The van der Waals surface area contributed by atoms with Crippen LogP contribution in [0.15, 0.2) is 48.5 Å². The van der Waals surface area contributed by atoms with Gasteiger partial charge in [0.25, 0.3) is 0 Å². The average molecular weight is 476 g/mol. The Morgan fingerprint density at radius 2 is 1.63 bits per heavy atom. The lowest BCUT2D eigenvalue weighted by atomic mass is 10.1. The molecule has 1 aliphatic carbocycles. The maximum Gasteiger partial charge on any atom is 0.137 e. The van der Waals surface area contributed by atoms with Crippen LogP contribution in [0.25, 0.3) is 5.69 Å². The number of aryl methyl sites for hydroxylation is 1. The third-order valence-corrected chi connectivity index (χ3v) is 7.27. The van der Waals surface area contributed by atoms with Gasteiger partial charge in [-0.2, -0.15) is 5.10 Å². The van der Waals surface area contributed by atoms with Crippen LogP contribution in [0.5, 0.6) is 11.5 Å². The van der Waals surface area contributed by atoms with Gasteiger partial charge in [0.2, 0.25) is 0 Å². The SMILES string of the molecule is COc1ccc(-n2nc(C)c(CN(Cc3ccccc3OC)C3CC3)c2N2CCN(C)CC2)cc1. The quantitative estimate of drug-likeness (QED) is 0.464. The monoisotopic (exact) mass is 475 g/mol. The molecule has 186 valence electrons. The molecule has 0 spiro atoms. The van der Waals surface area contributed by atoms with Crippen molar-refractivity contribution in [3.63, 3.8) is 0 Å². The number of piperazine rings is 1. The van der Waals surface area contributed by atoms with Crippen molar-refractivity contribution in [2.45, 2.75) is 38.9 Å². The Bertz CT molecular complexity index is 1130. The molecule has 1 saturated heterocycles. The lowest BCUT2D eigenvalue weighted by Gasteiger charge is -2.35. The number of methoxy groups -OCH3 is 2. The predicted octanol–water partition coefficient (Wildman–Crippen LogP) is 4.11. The maximum atomic E-state index is 5.66. The van der Waals surface area contributed by atoms with E-state index in [1.165, 1.54) is 29.8 Å². The van der Waals surface area contributed by atoms with Crippen LogP contribution in [-0.4, -0.2) is 73.1 Å². The first kappa shape index (κ1) is 23.7. The van der Waals surface area contributed by atoms with Gasteiger partial charge in [0.15, 0.2) is 0 Å². The fourth-order valence-electron chi connectivity index (χ4n) is 4.99. The summed E-state index contributed by atoms with van der Waals surface area (Å²) in [4.78, 5) is 7.53. The van der Waals surface area contributed by atoms with E-state index in [2.05, 4.69) is 63.7 Å². The molecule has 0 amide bonds. The molecule has 0 bridgehead atoms. The highest BCUT2D eigenvalue weighted by Gasteiger charge is 2.33. The molecule has 7 heteroatoms. The van der Waals surface area contributed by atoms with Gasteiger partial charge in [-0.05, 0) is 57.1 Å². The minimum atomic E-state index is 0.615. The molecule has 0 unspecified atom stereocenters. The van der Waals surface area contributed by atoms with E-state index < -0.39 is 0 Å². The van der Waals surface area contributed by atoms with E-state index in [4.69, 9.17) is 14.6 Å². The van der Waals surface area contributed by atoms with E-state index >= 15 is 0 Å². The van der Waals surface area contributed by atoms with Crippen molar-refractivity contribution >= 4 is 5.82 Å². The summed E-state index contributed by atoms with van der Waals surface area (Å²) < 4.78 is 13.2. The van der Waals surface area contributed by atoms with Gasteiger partial charge >= 0.3 is 0 Å². The van der Waals surface area contributed by atoms with E-state index in [9.17, 15) is 0 Å². The zero-order chi connectivity index (χ0) is 24.4. The standard InChI is InChI=1S/C28H37N5O2/c1-21-26(20-32(23-9-10-23)19-22-7-5-6-8-27(22)35-4)28(31-17-15-30(2)16-18-31)33(29-21)24-11-13-25(34-3)14-12-24/h5-8,11-14,23H,9-10,15-20H2,1-4H3. The molecule has 2 fully saturated rings. The predicted molar refractivity (Wildman–Crippen MR) is 140 cm³/mol. The molecule has 2 aliphatic rings. The fourth-order valence-corrected chi connectivity index (χ4v) is 4.99. The third-order valence-electron chi connectivity index (χ3n) is 7.27. The van der Waals surface area contributed by atoms with Crippen molar-refractivity contribution in [3.8, 4) is 17.2 Å². The largest absolute Gasteiger partial charge is 0.497 e. The molecule has 0 radical (unpaired) electrons. The topological polar surface area (TPSA) is 46.0 Å². The van der Waals surface area contributed by atoms with Crippen molar-refractivity contribution in [1.29, 1.82) is 0 Å². The molecule has 2 aromatic carbocycles. The van der Waals surface area contributed by atoms with Crippen molar-refractivity contribution in [1.82, 2.24) is 19.6 Å². The highest BCUT2D eigenvalue weighted by molar-refractivity contribution is 5.56. The number of likely N-dealkylation sites (N-methyl/N-ethyl adjacent to an activating group) is 1. The van der Waals surface area contributed by atoms with Gasteiger partial charge in [0.05, 0.1) is 25.6 Å². The molecule has 0 atom stereocenters. The summed E-state index contributed by atoms with van der Waals surface area (Å²) in [5, 5.41) is 5.07. The molecule has 3 aromatic rings. The first-order valence-corrected chi connectivity index (χ1v) is 12.6. The highest BCUT2D eigenvalue weighted by Crippen LogP contribution is 2.36. The molecule has 5 rings (SSSR count). The summed E-state index contributed by atoms with van der Waals surface area (Å²) in [6.07, 6.45) is 2.51. The fraction of sp³-hybridized carbons (Fsp3) is 0.464. The zero-order valence-electron chi connectivity index (χ0n) is 21.4. The minimum absolute atomic E-state index is 0.615. The van der Waals surface area contributed by atoms with E-state index in [0.29, 0.717) is 6.04 Å². The van der Waals surface area contributed by atoms with Gasteiger partial charge < -0.3 is 19.3 Å². The summed E-state index contributed by atoms with van der Waals surface area (Å²) in [6.45, 7) is 8.03. The zero-order valence-corrected chi connectivity index (χ0v) is 21.4. The number of ether oxygens (including phenoxy) is 2. The summed E-state index contributed by atoms with van der Waals surface area (Å²) in [5.74, 6) is 3.05. The van der Waals surface area contributed by atoms with Gasteiger partial charge in [-0.15, -0.1) is 0 Å². The lowest BCUT2D eigenvalue weighted by molar-refractivity contribution is 0.241. The first-order valence-electron chi connectivity index (χ1n) is 12.6. The molecule has 1 aromatic heterocycles. The molecular weight excluding hydrogens is 438 g/mol. The third kappa shape index (κ3) is 5.16. The van der Waals surface area contributed by atoms with Crippen molar-refractivity contribution in [2.24, 2.45) is 0 Å². The Balaban J connectivity index is 1.51. The number of hydrogen-bond acceptors (Lipinski definition) is 6. The number of rotatable bonds is 9. The number of hydrogen-bond donors (Lipinski definition) is 0. The summed E-state index contributed by atoms with van der Waals surface area (Å²) in [7, 11) is 5.66. The van der Waals surface area contributed by atoms with Crippen LogP contribution in [0.4, 0.5) is 5.82 Å². The first-order chi connectivity index (χ1) is 17.1. The summed E-state index contributed by atoms with van der Waals surface area (Å²) in [5.41, 5.74) is 4.73. The second-order valence-electron chi connectivity index (χ2n) is 9.74. The van der Waals surface area contributed by atoms with Crippen LogP contribution < -0.4 is 14.4 Å². The number of benzene rings is 2. The number of para-hydroxylation sites is 1. The second-order valence-corrected chi connectivity index (χ2v) is 9.74. The molecule has 1 aliphatic heterocycles. The van der Waals surface area contributed by atoms with Crippen LogP contribution in [0.2, 0.25) is 0 Å². The van der Waals surface area contributed by atoms with E-state index in [1.54, 1.807) is 14.2 Å². The molecule has 7 nitrogen and oxygen atoms in total. The molecule has 1 saturated carbocycles. The Labute approximate surface area is 208 Å². The van der Waals surface area contributed by atoms with Crippen LogP contribution >= 0.6 is 0 Å². The summed E-state index contributed by atoms with van der Waals surface area (Å²) in [6, 6.07) is 17.2.